The summed E-state index contributed by atoms with van der Waals surface area (Å²) < 4.78 is 3.67. The molecule has 4 rings (SSSR count). The summed E-state index contributed by atoms with van der Waals surface area (Å²) in [5.74, 6) is 6.37. The van der Waals surface area contributed by atoms with Gasteiger partial charge in [-0.25, -0.2) is 4.68 Å². The van der Waals surface area contributed by atoms with Crippen LogP contribution in [-0.2, 0) is 11.3 Å². The van der Waals surface area contributed by atoms with Crippen LogP contribution in [0.4, 0.5) is 5.69 Å². The van der Waals surface area contributed by atoms with Gasteiger partial charge in [0.1, 0.15) is 5.82 Å². The van der Waals surface area contributed by atoms with Crippen molar-refractivity contribution in [2.75, 3.05) is 11.2 Å². The molecular formula is C20H22N6OS. The van der Waals surface area contributed by atoms with Gasteiger partial charge in [0.05, 0.1) is 5.25 Å². The summed E-state index contributed by atoms with van der Waals surface area (Å²) in [4.78, 5) is 12.7. The zero-order valence-electron chi connectivity index (χ0n) is 16.0. The van der Waals surface area contributed by atoms with Gasteiger partial charge >= 0.3 is 0 Å². The minimum Gasteiger partial charge on any atom is -0.341 e. The lowest BCUT2D eigenvalue weighted by Crippen LogP contribution is -2.23. The van der Waals surface area contributed by atoms with Crippen molar-refractivity contribution in [3.8, 4) is 0 Å². The Morgan fingerprint density at radius 2 is 1.93 bits per heavy atom. The number of carbonyl (C=O) groups is 1. The lowest BCUT2D eigenvalue weighted by Gasteiger charge is -2.12. The first-order valence-corrected chi connectivity index (χ1v) is 10.0. The van der Waals surface area contributed by atoms with Crippen LogP contribution in [0.15, 0.2) is 47.6 Å². The monoisotopic (exact) mass is 394 g/mol. The molecule has 0 saturated carbocycles. The Balaban J connectivity index is 1.60. The molecule has 2 aromatic carbocycles. The number of hydrogen-bond donors (Lipinski definition) is 2. The zero-order valence-corrected chi connectivity index (χ0v) is 16.8. The van der Waals surface area contributed by atoms with E-state index in [1.165, 1.54) is 27.3 Å². The number of fused-ring (bicyclic) bond motifs is 3. The molecule has 3 N–H and O–H groups in total. The largest absolute Gasteiger partial charge is 0.341 e. The molecule has 0 radical (unpaired) electrons. The van der Waals surface area contributed by atoms with E-state index in [1.54, 1.807) is 6.92 Å². The molecule has 0 aliphatic carbocycles. The molecule has 7 nitrogen and oxygen atoms in total. The van der Waals surface area contributed by atoms with Gasteiger partial charge in [-0.05, 0) is 45.0 Å². The van der Waals surface area contributed by atoms with E-state index in [2.05, 4.69) is 45.2 Å². The van der Waals surface area contributed by atoms with Gasteiger partial charge in [0.2, 0.25) is 11.1 Å². The lowest BCUT2D eigenvalue weighted by atomic mass is 10.1. The van der Waals surface area contributed by atoms with E-state index in [0.29, 0.717) is 11.0 Å². The van der Waals surface area contributed by atoms with Gasteiger partial charge in [-0.15, -0.1) is 10.2 Å². The second-order valence-electron chi connectivity index (χ2n) is 6.64. The number of rotatable bonds is 5. The number of thioether (sulfide) groups is 1. The molecule has 28 heavy (non-hydrogen) atoms. The van der Waals surface area contributed by atoms with Crippen LogP contribution >= 0.6 is 11.8 Å². The Labute approximate surface area is 166 Å². The van der Waals surface area contributed by atoms with Crippen LogP contribution in [0.1, 0.15) is 19.7 Å². The van der Waals surface area contributed by atoms with E-state index in [-0.39, 0.29) is 11.2 Å². The van der Waals surface area contributed by atoms with E-state index in [1.807, 2.05) is 31.2 Å². The van der Waals surface area contributed by atoms with Gasteiger partial charge in [-0.2, -0.15) is 0 Å². The third-order valence-corrected chi connectivity index (χ3v) is 5.90. The van der Waals surface area contributed by atoms with Gasteiger partial charge in [0.25, 0.3) is 0 Å². The van der Waals surface area contributed by atoms with Gasteiger partial charge in [0, 0.05) is 34.0 Å². The minimum absolute atomic E-state index is 0.107. The average Bonchev–Trinajstić information content (AvgIpc) is 3.19. The van der Waals surface area contributed by atoms with E-state index in [9.17, 15) is 4.79 Å². The van der Waals surface area contributed by atoms with E-state index in [4.69, 9.17) is 5.84 Å². The Morgan fingerprint density at radius 3 is 2.64 bits per heavy atom. The predicted molar refractivity (Wildman–Crippen MR) is 114 cm³/mol. The summed E-state index contributed by atoms with van der Waals surface area (Å²) in [6.45, 7) is 6.62. The predicted octanol–water partition coefficient (Wildman–Crippen LogP) is 3.55. The molecule has 4 aromatic rings. The topological polar surface area (TPSA) is 90.8 Å². The molecular weight excluding hydrogens is 372 g/mol. The second-order valence-corrected chi connectivity index (χ2v) is 7.95. The quantitative estimate of drug-likeness (QED) is 0.399. The summed E-state index contributed by atoms with van der Waals surface area (Å²) in [6.07, 6.45) is 0. The fraction of sp³-hybridized carbons (Fsp3) is 0.250. The van der Waals surface area contributed by atoms with Gasteiger partial charge in [-0.3, -0.25) is 4.79 Å². The number of aromatic nitrogens is 4. The summed E-state index contributed by atoms with van der Waals surface area (Å²) in [6, 6.07) is 14.4. The van der Waals surface area contributed by atoms with E-state index in [0.717, 1.165) is 23.1 Å². The Kier molecular flexibility index (Phi) is 4.72. The van der Waals surface area contributed by atoms with Gasteiger partial charge < -0.3 is 15.7 Å². The maximum absolute atomic E-state index is 12.7. The molecule has 144 valence electrons. The molecule has 2 heterocycles. The number of nitrogens with one attached hydrogen (secondary N) is 1. The number of para-hydroxylation sites is 1. The Hall–Kier alpha value is -3.00. The van der Waals surface area contributed by atoms with Crippen LogP contribution in [0, 0.1) is 6.92 Å². The fourth-order valence-corrected chi connectivity index (χ4v) is 4.17. The number of benzene rings is 2. The minimum atomic E-state index is -0.362. The Morgan fingerprint density at radius 1 is 1.18 bits per heavy atom. The molecule has 0 bridgehead atoms. The average molecular weight is 395 g/mol. The zero-order chi connectivity index (χ0) is 19.8. The summed E-state index contributed by atoms with van der Waals surface area (Å²) in [5, 5.41) is 13.4. The molecule has 2 aromatic heterocycles. The number of amides is 1. The SMILES string of the molecule is CCn1c2ccccc2c2cc(NC(=O)C(C)Sc3nnc(C)n3N)ccc21. The van der Waals surface area contributed by atoms with Gasteiger partial charge in [0.15, 0.2) is 0 Å². The third kappa shape index (κ3) is 3.09. The van der Waals surface area contributed by atoms with Crippen molar-refractivity contribution in [2.24, 2.45) is 0 Å². The Bertz CT molecular complexity index is 1180. The van der Waals surface area contributed by atoms with Crippen LogP contribution in [-0.4, -0.2) is 30.6 Å². The van der Waals surface area contributed by atoms with Crippen LogP contribution in [0.2, 0.25) is 0 Å². The molecule has 0 fully saturated rings. The molecule has 0 spiro atoms. The number of nitrogen functional groups attached to an aromatic ring is 1. The standard InChI is InChI=1S/C20H22N6OS/c1-4-25-17-8-6-5-7-15(17)16-11-14(9-10-18(16)25)22-19(27)12(2)28-20-24-23-13(3)26(20)21/h5-12H,4,21H2,1-3H3,(H,22,27). The summed E-state index contributed by atoms with van der Waals surface area (Å²) in [7, 11) is 0. The first-order valence-electron chi connectivity index (χ1n) is 9.15. The van der Waals surface area contributed by atoms with Crippen LogP contribution in [0.3, 0.4) is 0 Å². The molecule has 0 saturated heterocycles. The molecule has 1 atom stereocenters. The smallest absolute Gasteiger partial charge is 0.237 e. The van der Waals surface area contributed by atoms with E-state index >= 15 is 0 Å². The summed E-state index contributed by atoms with van der Waals surface area (Å²) in [5.41, 5.74) is 3.13. The molecule has 0 aliphatic rings. The van der Waals surface area contributed by atoms with Crippen molar-refractivity contribution in [1.82, 2.24) is 19.4 Å². The lowest BCUT2D eigenvalue weighted by molar-refractivity contribution is -0.115. The molecule has 1 unspecified atom stereocenters. The first kappa shape index (κ1) is 18.4. The van der Waals surface area contributed by atoms with Crippen molar-refractivity contribution in [3.63, 3.8) is 0 Å². The fourth-order valence-electron chi connectivity index (χ4n) is 3.36. The number of aryl methyl sites for hydroxylation is 2. The van der Waals surface area contributed by atoms with Crippen molar-refractivity contribution in [3.05, 3.63) is 48.3 Å². The normalized spacial score (nSPS) is 12.5. The van der Waals surface area contributed by atoms with Crippen LogP contribution < -0.4 is 11.2 Å². The highest BCUT2D eigenvalue weighted by molar-refractivity contribution is 8.00. The van der Waals surface area contributed by atoms with Crippen molar-refractivity contribution in [1.29, 1.82) is 0 Å². The first-order chi connectivity index (χ1) is 13.5. The van der Waals surface area contributed by atoms with Crippen LogP contribution in [0.5, 0.6) is 0 Å². The van der Waals surface area contributed by atoms with E-state index < -0.39 is 0 Å². The number of carbonyl (C=O) groups excluding carboxylic acids is 1. The maximum Gasteiger partial charge on any atom is 0.237 e. The molecule has 0 aliphatic heterocycles. The van der Waals surface area contributed by atoms with Crippen molar-refractivity contribution >= 4 is 45.2 Å². The number of nitrogens with zero attached hydrogens (tertiary/aromatic N) is 4. The summed E-state index contributed by atoms with van der Waals surface area (Å²) >= 11 is 1.28. The maximum atomic E-state index is 12.7. The third-order valence-electron chi connectivity index (χ3n) is 4.84. The molecule has 8 heteroatoms. The molecule has 1 amide bonds. The number of anilines is 1. The number of hydrogen-bond acceptors (Lipinski definition) is 5. The van der Waals surface area contributed by atoms with Gasteiger partial charge in [-0.1, -0.05) is 30.0 Å². The second kappa shape index (κ2) is 7.20. The highest BCUT2D eigenvalue weighted by atomic mass is 32.2. The van der Waals surface area contributed by atoms with Crippen molar-refractivity contribution in [2.45, 2.75) is 37.7 Å². The van der Waals surface area contributed by atoms with Crippen molar-refractivity contribution < 1.29 is 4.79 Å². The number of nitrogens with two attached hydrogens (primary N) is 1. The highest BCUT2D eigenvalue weighted by Gasteiger charge is 2.19. The van der Waals surface area contributed by atoms with Crippen LogP contribution in [0.25, 0.3) is 21.8 Å². The highest BCUT2D eigenvalue weighted by Crippen LogP contribution is 2.31.